The summed E-state index contributed by atoms with van der Waals surface area (Å²) in [6.07, 6.45) is 5.11. The Morgan fingerprint density at radius 1 is 1.05 bits per heavy atom. The van der Waals surface area contributed by atoms with Crippen molar-refractivity contribution in [3.8, 4) is 0 Å². The first-order chi connectivity index (χ1) is 9.06. The molecule has 1 aliphatic carbocycles. The second-order valence-electron chi connectivity index (χ2n) is 6.32. The molecule has 0 saturated heterocycles. The van der Waals surface area contributed by atoms with Crippen LogP contribution < -0.4 is 0 Å². The Labute approximate surface area is 115 Å². The van der Waals surface area contributed by atoms with Gasteiger partial charge in [0.1, 0.15) is 5.82 Å². The molecule has 1 fully saturated rings. The normalized spacial score (nSPS) is 25.5. The summed E-state index contributed by atoms with van der Waals surface area (Å²) >= 11 is 0. The second kappa shape index (κ2) is 6.51. The lowest BCUT2D eigenvalue weighted by Crippen LogP contribution is -2.28. The number of aliphatic hydroxyl groups is 1. The first-order valence-electron chi connectivity index (χ1n) is 7.48. The molecule has 0 bridgehead atoms. The highest BCUT2D eigenvalue weighted by Gasteiger charge is 2.27. The second-order valence-corrected chi connectivity index (χ2v) is 6.32. The number of benzene rings is 1. The van der Waals surface area contributed by atoms with Crippen molar-refractivity contribution in [2.45, 2.75) is 52.1 Å². The minimum absolute atomic E-state index is 0.212. The van der Waals surface area contributed by atoms with Gasteiger partial charge in [0, 0.05) is 0 Å². The lowest BCUT2D eigenvalue weighted by atomic mass is 9.74. The molecule has 1 aromatic carbocycles. The standard InChI is InChI=1S/C17H25FO/c1-12(2)14-5-7-15(8-6-14)17(19)11-13-3-9-16(18)10-4-13/h3-4,9-10,12,14-15,17,19H,5-8,11H2,1-2H3. The van der Waals surface area contributed by atoms with Crippen molar-refractivity contribution in [1.29, 1.82) is 0 Å². The van der Waals surface area contributed by atoms with Gasteiger partial charge in [0.15, 0.2) is 0 Å². The summed E-state index contributed by atoms with van der Waals surface area (Å²) < 4.78 is 12.8. The van der Waals surface area contributed by atoms with E-state index in [0.29, 0.717) is 12.3 Å². The monoisotopic (exact) mass is 264 g/mol. The van der Waals surface area contributed by atoms with Crippen LogP contribution in [0.1, 0.15) is 45.1 Å². The zero-order valence-electron chi connectivity index (χ0n) is 12.0. The zero-order valence-corrected chi connectivity index (χ0v) is 12.0. The van der Waals surface area contributed by atoms with Crippen LogP contribution in [0.25, 0.3) is 0 Å². The van der Waals surface area contributed by atoms with E-state index < -0.39 is 0 Å². The highest BCUT2D eigenvalue weighted by Crippen LogP contribution is 2.35. The highest BCUT2D eigenvalue weighted by molar-refractivity contribution is 5.17. The van der Waals surface area contributed by atoms with Crippen LogP contribution in [0, 0.1) is 23.6 Å². The third-order valence-electron chi connectivity index (χ3n) is 4.66. The Kier molecular flexibility index (Phi) is 4.98. The summed E-state index contributed by atoms with van der Waals surface area (Å²) in [5.74, 6) is 1.79. The lowest BCUT2D eigenvalue weighted by Gasteiger charge is -2.33. The predicted octanol–water partition coefficient (Wildman–Crippen LogP) is 4.19. The molecular weight excluding hydrogens is 239 g/mol. The SMILES string of the molecule is CC(C)C1CCC(C(O)Cc2ccc(F)cc2)CC1. The van der Waals surface area contributed by atoms with Gasteiger partial charge in [0.05, 0.1) is 6.10 Å². The molecule has 0 radical (unpaired) electrons. The fourth-order valence-electron chi connectivity index (χ4n) is 3.23. The molecule has 0 heterocycles. The van der Waals surface area contributed by atoms with E-state index in [1.54, 1.807) is 12.1 Å². The molecule has 2 rings (SSSR count). The molecule has 1 atom stereocenters. The van der Waals surface area contributed by atoms with E-state index in [4.69, 9.17) is 0 Å². The molecule has 1 aromatic rings. The maximum Gasteiger partial charge on any atom is 0.123 e. The molecule has 0 aromatic heterocycles. The van der Waals surface area contributed by atoms with Gasteiger partial charge in [0.2, 0.25) is 0 Å². The van der Waals surface area contributed by atoms with Gasteiger partial charge in [-0.3, -0.25) is 0 Å². The predicted molar refractivity (Wildman–Crippen MR) is 76.4 cm³/mol. The van der Waals surface area contributed by atoms with E-state index in [1.165, 1.54) is 25.0 Å². The quantitative estimate of drug-likeness (QED) is 0.864. The molecular formula is C17H25FO. The van der Waals surface area contributed by atoms with E-state index in [0.717, 1.165) is 30.2 Å². The van der Waals surface area contributed by atoms with Crippen molar-refractivity contribution >= 4 is 0 Å². The fraction of sp³-hybridized carbons (Fsp3) is 0.647. The molecule has 1 N–H and O–H groups in total. The van der Waals surface area contributed by atoms with E-state index in [-0.39, 0.29) is 11.9 Å². The lowest BCUT2D eigenvalue weighted by molar-refractivity contribution is 0.0675. The molecule has 2 heteroatoms. The van der Waals surface area contributed by atoms with Gasteiger partial charge in [-0.2, -0.15) is 0 Å². The van der Waals surface area contributed by atoms with Crippen LogP contribution in [-0.4, -0.2) is 11.2 Å². The molecule has 1 unspecified atom stereocenters. The molecule has 0 aliphatic heterocycles. The first kappa shape index (κ1) is 14.5. The van der Waals surface area contributed by atoms with Gasteiger partial charge in [-0.15, -0.1) is 0 Å². The summed E-state index contributed by atoms with van der Waals surface area (Å²) in [4.78, 5) is 0. The largest absolute Gasteiger partial charge is 0.392 e. The zero-order chi connectivity index (χ0) is 13.8. The number of rotatable bonds is 4. The van der Waals surface area contributed by atoms with E-state index in [1.807, 2.05) is 0 Å². The van der Waals surface area contributed by atoms with E-state index in [9.17, 15) is 9.50 Å². The molecule has 1 aliphatic rings. The third kappa shape index (κ3) is 4.04. The molecule has 0 amide bonds. The average Bonchev–Trinajstić information content (AvgIpc) is 2.41. The maximum atomic E-state index is 12.8. The smallest absolute Gasteiger partial charge is 0.123 e. The minimum Gasteiger partial charge on any atom is -0.392 e. The van der Waals surface area contributed by atoms with Crippen LogP contribution in [0.3, 0.4) is 0 Å². The number of hydrogen-bond acceptors (Lipinski definition) is 1. The Hall–Kier alpha value is -0.890. The van der Waals surface area contributed by atoms with Crippen molar-refractivity contribution in [1.82, 2.24) is 0 Å². The summed E-state index contributed by atoms with van der Waals surface area (Å²) in [6.45, 7) is 4.58. The Morgan fingerprint density at radius 3 is 2.11 bits per heavy atom. The van der Waals surface area contributed by atoms with Crippen molar-refractivity contribution in [2.24, 2.45) is 17.8 Å². The molecule has 19 heavy (non-hydrogen) atoms. The third-order valence-corrected chi connectivity index (χ3v) is 4.66. The van der Waals surface area contributed by atoms with Gasteiger partial charge in [-0.1, -0.05) is 26.0 Å². The van der Waals surface area contributed by atoms with Crippen molar-refractivity contribution in [3.63, 3.8) is 0 Å². The van der Waals surface area contributed by atoms with Gasteiger partial charge in [0.25, 0.3) is 0 Å². The van der Waals surface area contributed by atoms with Crippen molar-refractivity contribution < 1.29 is 9.50 Å². The van der Waals surface area contributed by atoms with Crippen molar-refractivity contribution in [3.05, 3.63) is 35.6 Å². The summed E-state index contributed by atoms with van der Waals surface area (Å²) in [5, 5.41) is 10.3. The number of aliphatic hydroxyl groups excluding tert-OH is 1. The molecule has 1 nitrogen and oxygen atoms in total. The fourth-order valence-corrected chi connectivity index (χ4v) is 3.23. The van der Waals surface area contributed by atoms with Crippen LogP contribution in [-0.2, 0) is 6.42 Å². The van der Waals surface area contributed by atoms with Gasteiger partial charge in [-0.25, -0.2) is 4.39 Å². The minimum atomic E-state index is -0.279. The molecule has 0 spiro atoms. The first-order valence-corrected chi connectivity index (χ1v) is 7.48. The molecule has 106 valence electrons. The summed E-state index contributed by atoms with van der Waals surface area (Å²) in [6, 6.07) is 6.49. The average molecular weight is 264 g/mol. The van der Waals surface area contributed by atoms with Crippen molar-refractivity contribution in [2.75, 3.05) is 0 Å². The van der Waals surface area contributed by atoms with Crippen LogP contribution in [0.4, 0.5) is 4.39 Å². The van der Waals surface area contributed by atoms with E-state index >= 15 is 0 Å². The van der Waals surface area contributed by atoms with Crippen LogP contribution >= 0.6 is 0 Å². The number of halogens is 1. The van der Waals surface area contributed by atoms with E-state index in [2.05, 4.69) is 13.8 Å². The Bertz CT molecular complexity index is 377. The number of hydrogen-bond donors (Lipinski definition) is 1. The highest BCUT2D eigenvalue weighted by atomic mass is 19.1. The van der Waals surface area contributed by atoms with Crippen LogP contribution in [0.2, 0.25) is 0 Å². The topological polar surface area (TPSA) is 20.2 Å². The van der Waals surface area contributed by atoms with Crippen LogP contribution in [0.5, 0.6) is 0 Å². The van der Waals surface area contributed by atoms with Gasteiger partial charge >= 0.3 is 0 Å². The Morgan fingerprint density at radius 2 is 1.58 bits per heavy atom. The van der Waals surface area contributed by atoms with Gasteiger partial charge < -0.3 is 5.11 Å². The summed E-state index contributed by atoms with van der Waals surface area (Å²) in [5.41, 5.74) is 1.03. The van der Waals surface area contributed by atoms with Gasteiger partial charge in [-0.05, 0) is 67.6 Å². The summed E-state index contributed by atoms with van der Waals surface area (Å²) in [7, 11) is 0. The molecule has 1 saturated carbocycles. The maximum absolute atomic E-state index is 12.8. The van der Waals surface area contributed by atoms with Crippen LogP contribution in [0.15, 0.2) is 24.3 Å². The Balaban J connectivity index is 1.84.